The summed E-state index contributed by atoms with van der Waals surface area (Å²) in [5.41, 5.74) is 1.57. The molecule has 1 fully saturated rings. The van der Waals surface area contributed by atoms with Crippen molar-refractivity contribution in [2.45, 2.75) is 61.8 Å². The van der Waals surface area contributed by atoms with Gasteiger partial charge in [-0.25, -0.2) is 0 Å². The van der Waals surface area contributed by atoms with Crippen molar-refractivity contribution in [1.29, 1.82) is 0 Å². The number of nitrogens with two attached hydrogens (primary N) is 1. The van der Waals surface area contributed by atoms with E-state index in [0.29, 0.717) is 0 Å². The highest BCUT2D eigenvalue weighted by molar-refractivity contribution is 6.31. The van der Waals surface area contributed by atoms with E-state index in [0.717, 1.165) is 0 Å². The third-order valence-corrected chi connectivity index (χ3v) is 7.50. The standard InChI is InChI=1S/C25H27NO12/c26-10-4-14(38-24(35)21(10)32)37-12-6-25(36,13(29)7-27)5-9-16(12)23(34)18-17(20(9)31)19(30)8-2-1-3-11(28)15(8)22(18)33/h1-3,10,12-14,21,24,27-29,31-32,34-36H,4-7,26H2/t10-,12-,13?,14+,21-,24+,25+/m0/s1. The van der Waals surface area contributed by atoms with Crippen LogP contribution in [0.2, 0.25) is 0 Å². The largest absolute Gasteiger partial charge is 0.507 e. The molecule has 2 aromatic rings. The van der Waals surface area contributed by atoms with Gasteiger partial charge in [0, 0.05) is 42.0 Å². The van der Waals surface area contributed by atoms with Gasteiger partial charge in [-0.05, 0) is 6.07 Å². The molecule has 1 heterocycles. The SMILES string of the molecule is N[C@H]1C[C@H](O[C@H]2C[C@@](O)(C(O)CO)Cc3c(O)c4c(c(O)c32)C(=O)c2c(O)cccc2C4=O)O[C@@H](O)[C@H]1O. The van der Waals surface area contributed by atoms with Crippen LogP contribution < -0.4 is 5.73 Å². The molecule has 5 rings (SSSR count). The van der Waals surface area contributed by atoms with E-state index in [1.807, 2.05) is 0 Å². The molecule has 2 aliphatic carbocycles. The minimum Gasteiger partial charge on any atom is -0.507 e. The molecule has 0 radical (unpaired) electrons. The van der Waals surface area contributed by atoms with Crippen molar-refractivity contribution in [3.05, 3.63) is 51.6 Å². The summed E-state index contributed by atoms with van der Waals surface area (Å²) in [5, 5.41) is 83.8. The van der Waals surface area contributed by atoms with Crippen LogP contribution in [0, 0.1) is 0 Å². The van der Waals surface area contributed by atoms with Gasteiger partial charge in [0.25, 0.3) is 0 Å². The smallest absolute Gasteiger partial charge is 0.202 e. The van der Waals surface area contributed by atoms with Crippen LogP contribution in [-0.2, 0) is 15.9 Å². The second-order valence-electron chi connectivity index (χ2n) is 9.85. The Kier molecular flexibility index (Phi) is 6.44. The first-order valence-electron chi connectivity index (χ1n) is 11.9. The number of fused-ring (bicyclic) bond motifs is 3. The molecule has 2 aromatic carbocycles. The summed E-state index contributed by atoms with van der Waals surface area (Å²) < 4.78 is 11.1. The lowest BCUT2D eigenvalue weighted by Gasteiger charge is -2.43. The molecule has 0 saturated carbocycles. The lowest BCUT2D eigenvalue weighted by molar-refractivity contribution is -0.302. The van der Waals surface area contributed by atoms with E-state index >= 15 is 0 Å². The van der Waals surface area contributed by atoms with Gasteiger partial charge >= 0.3 is 0 Å². The van der Waals surface area contributed by atoms with Crippen LogP contribution in [-0.4, -0.2) is 95.5 Å². The third kappa shape index (κ3) is 3.87. The van der Waals surface area contributed by atoms with E-state index in [1.165, 1.54) is 18.2 Å². The molecule has 3 aliphatic rings. The lowest BCUT2D eigenvalue weighted by atomic mass is 9.71. The molecule has 1 unspecified atom stereocenters. The van der Waals surface area contributed by atoms with Crippen LogP contribution in [0.4, 0.5) is 0 Å². The number of rotatable bonds is 4. The van der Waals surface area contributed by atoms with Crippen molar-refractivity contribution in [2.75, 3.05) is 6.61 Å². The number of carbonyl (C=O) groups excluding carboxylic acids is 2. The van der Waals surface area contributed by atoms with Gasteiger partial charge in [0.15, 0.2) is 18.4 Å². The number of phenolic OH excluding ortho intramolecular Hbond substituents is 3. The molecule has 1 saturated heterocycles. The number of aliphatic hydroxyl groups is 5. The average molecular weight is 533 g/mol. The van der Waals surface area contributed by atoms with E-state index in [4.69, 9.17) is 15.2 Å². The molecule has 1 aliphatic heterocycles. The molecule has 10 N–H and O–H groups in total. The highest BCUT2D eigenvalue weighted by Crippen LogP contribution is 2.52. The number of ketones is 2. The van der Waals surface area contributed by atoms with Crippen molar-refractivity contribution in [3.63, 3.8) is 0 Å². The van der Waals surface area contributed by atoms with Gasteiger partial charge in [0.1, 0.15) is 29.5 Å². The molecule has 38 heavy (non-hydrogen) atoms. The number of ether oxygens (including phenoxy) is 2. The second kappa shape index (κ2) is 9.25. The van der Waals surface area contributed by atoms with Gasteiger partial charge in [0.2, 0.25) is 5.78 Å². The monoisotopic (exact) mass is 533 g/mol. The Morgan fingerprint density at radius 2 is 1.76 bits per heavy atom. The first-order chi connectivity index (χ1) is 17.9. The predicted molar refractivity (Wildman–Crippen MR) is 124 cm³/mol. The number of carbonyl (C=O) groups is 2. The summed E-state index contributed by atoms with van der Waals surface area (Å²) >= 11 is 0. The third-order valence-electron chi connectivity index (χ3n) is 7.50. The molecule has 0 aromatic heterocycles. The van der Waals surface area contributed by atoms with Crippen molar-refractivity contribution >= 4 is 11.6 Å². The highest BCUT2D eigenvalue weighted by Gasteiger charge is 2.50. The number of hydrogen-bond acceptors (Lipinski definition) is 13. The normalized spacial score (nSPS) is 31.4. The molecule has 7 atom stereocenters. The Bertz CT molecular complexity index is 1320. The predicted octanol–water partition coefficient (Wildman–Crippen LogP) is -1.58. The summed E-state index contributed by atoms with van der Waals surface area (Å²) in [6, 6.07) is 2.82. The molecule has 0 amide bonds. The van der Waals surface area contributed by atoms with Crippen LogP contribution in [0.5, 0.6) is 17.2 Å². The Labute approximate surface area is 214 Å². The number of hydrogen-bond donors (Lipinski definition) is 9. The molecule has 13 heteroatoms. The van der Waals surface area contributed by atoms with Crippen molar-refractivity contribution < 1.29 is 59.9 Å². The minimum atomic E-state index is -2.13. The summed E-state index contributed by atoms with van der Waals surface area (Å²) in [7, 11) is 0. The van der Waals surface area contributed by atoms with Gasteiger partial charge in [-0.15, -0.1) is 0 Å². The van der Waals surface area contributed by atoms with Crippen LogP contribution in [0.25, 0.3) is 0 Å². The van der Waals surface area contributed by atoms with Crippen molar-refractivity contribution in [2.24, 2.45) is 5.73 Å². The molecular weight excluding hydrogens is 506 g/mol. The zero-order valence-electron chi connectivity index (χ0n) is 19.8. The number of aromatic hydroxyl groups is 3. The highest BCUT2D eigenvalue weighted by atomic mass is 16.7. The maximum Gasteiger partial charge on any atom is 0.202 e. The molecule has 13 nitrogen and oxygen atoms in total. The van der Waals surface area contributed by atoms with E-state index in [9.17, 15) is 50.4 Å². The number of phenols is 3. The maximum absolute atomic E-state index is 13.4. The fourth-order valence-electron chi connectivity index (χ4n) is 5.47. The maximum atomic E-state index is 13.4. The fraction of sp³-hybridized carbons (Fsp3) is 0.440. The summed E-state index contributed by atoms with van der Waals surface area (Å²) in [6.07, 6.45) is -8.76. The van der Waals surface area contributed by atoms with Gasteiger partial charge in [-0.3, -0.25) is 9.59 Å². The van der Waals surface area contributed by atoms with E-state index in [1.54, 1.807) is 0 Å². The zero-order chi connectivity index (χ0) is 27.7. The average Bonchev–Trinajstić information content (AvgIpc) is 2.86. The molecule has 0 spiro atoms. The van der Waals surface area contributed by atoms with Crippen molar-refractivity contribution in [1.82, 2.24) is 0 Å². The van der Waals surface area contributed by atoms with E-state index in [-0.39, 0.29) is 28.7 Å². The van der Waals surface area contributed by atoms with Gasteiger partial charge in [-0.2, -0.15) is 0 Å². The first kappa shape index (κ1) is 26.5. The van der Waals surface area contributed by atoms with Crippen LogP contribution in [0.1, 0.15) is 61.9 Å². The van der Waals surface area contributed by atoms with Gasteiger partial charge < -0.3 is 56.1 Å². The molecule has 0 bridgehead atoms. The zero-order valence-corrected chi connectivity index (χ0v) is 19.8. The first-order valence-corrected chi connectivity index (χ1v) is 11.9. The van der Waals surface area contributed by atoms with Crippen LogP contribution >= 0.6 is 0 Å². The topological polar surface area (TPSA) is 240 Å². The minimum absolute atomic E-state index is 0.138. The summed E-state index contributed by atoms with van der Waals surface area (Å²) in [5.74, 6) is -3.82. The van der Waals surface area contributed by atoms with Crippen molar-refractivity contribution in [3.8, 4) is 17.2 Å². The Balaban J connectivity index is 1.68. The number of aliphatic hydroxyl groups excluding tert-OH is 4. The number of benzene rings is 2. The fourth-order valence-corrected chi connectivity index (χ4v) is 5.47. The molecular formula is C25H27NO12. The quantitative estimate of drug-likeness (QED) is 0.172. The molecule has 204 valence electrons. The van der Waals surface area contributed by atoms with E-state index < -0.39 is 102 Å². The summed E-state index contributed by atoms with van der Waals surface area (Å²) in [4.78, 5) is 26.7. The van der Waals surface area contributed by atoms with E-state index in [2.05, 4.69) is 0 Å². The second-order valence-corrected chi connectivity index (χ2v) is 9.85. The van der Waals surface area contributed by atoms with Gasteiger partial charge in [-0.1, -0.05) is 12.1 Å². The Hall–Kier alpha value is -3.14. The van der Waals surface area contributed by atoms with Gasteiger partial charge in [0.05, 0.1) is 35.0 Å². The lowest BCUT2D eigenvalue weighted by Crippen LogP contribution is -2.54. The Morgan fingerprint density at radius 3 is 2.42 bits per heavy atom. The van der Waals surface area contributed by atoms with Crippen LogP contribution in [0.3, 0.4) is 0 Å². The van der Waals surface area contributed by atoms with Crippen LogP contribution in [0.15, 0.2) is 18.2 Å². The summed E-state index contributed by atoms with van der Waals surface area (Å²) in [6.45, 7) is -0.879. The Morgan fingerprint density at radius 1 is 1.08 bits per heavy atom.